The lowest BCUT2D eigenvalue weighted by Crippen LogP contribution is -2.29. The van der Waals surface area contributed by atoms with Crippen molar-refractivity contribution in [3.8, 4) is 0 Å². The van der Waals surface area contributed by atoms with Gasteiger partial charge in [-0.25, -0.2) is 4.79 Å². The van der Waals surface area contributed by atoms with Crippen LogP contribution in [0.2, 0.25) is 0 Å². The van der Waals surface area contributed by atoms with Crippen LogP contribution in [0.5, 0.6) is 0 Å². The van der Waals surface area contributed by atoms with E-state index in [4.69, 9.17) is 10.2 Å². The molecule has 0 radical (unpaired) electrons. The van der Waals surface area contributed by atoms with E-state index >= 15 is 0 Å². The minimum absolute atomic E-state index is 0.219. The minimum Gasteiger partial charge on any atom is -0.481 e. The van der Waals surface area contributed by atoms with Gasteiger partial charge in [0.05, 0.1) is 5.41 Å². The molecular formula is C9H12O4. The van der Waals surface area contributed by atoms with Gasteiger partial charge in [-0.3, -0.25) is 4.79 Å². The summed E-state index contributed by atoms with van der Waals surface area (Å²) < 4.78 is 0. The van der Waals surface area contributed by atoms with Crippen molar-refractivity contribution in [3.63, 3.8) is 0 Å². The van der Waals surface area contributed by atoms with Crippen LogP contribution in [-0.2, 0) is 9.59 Å². The fourth-order valence-electron chi connectivity index (χ4n) is 1.51. The molecule has 1 aliphatic rings. The summed E-state index contributed by atoms with van der Waals surface area (Å²) in [6, 6.07) is 0. The molecule has 1 aliphatic carbocycles. The Labute approximate surface area is 75.9 Å². The van der Waals surface area contributed by atoms with Gasteiger partial charge in [-0.15, -0.1) is 0 Å². The van der Waals surface area contributed by atoms with E-state index in [9.17, 15) is 9.59 Å². The van der Waals surface area contributed by atoms with Crippen molar-refractivity contribution in [3.05, 3.63) is 11.6 Å². The highest BCUT2D eigenvalue weighted by molar-refractivity contribution is 5.89. The van der Waals surface area contributed by atoms with E-state index in [-0.39, 0.29) is 5.57 Å². The molecule has 13 heavy (non-hydrogen) atoms. The van der Waals surface area contributed by atoms with E-state index < -0.39 is 17.4 Å². The maximum atomic E-state index is 10.8. The van der Waals surface area contributed by atoms with Crippen molar-refractivity contribution in [2.24, 2.45) is 5.41 Å². The molecule has 1 atom stereocenters. The number of hydrogen-bond donors (Lipinski definition) is 2. The van der Waals surface area contributed by atoms with Gasteiger partial charge >= 0.3 is 11.9 Å². The second kappa shape index (κ2) is 3.20. The molecule has 0 saturated carbocycles. The van der Waals surface area contributed by atoms with Crippen molar-refractivity contribution in [2.75, 3.05) is 0 Å². The lowest BCUT2D eigenvalue weighted by atomic mass is 9.78. The van der Waals surface area contributed by atoms with Gasteiger partial charge in [-0.1, -0.05) is 6.08 Å². The molecule has 0 aromatic rings. The summed E-state index contributed by atoms with van der Waals surface area (Å²) in [6.07, 6.45) is 2.97. The number of carboxylic acid groups (broad SMARTS) is 2. The molecule has 1 rings (SSSR count). The molecule has 0 fully saturated rings. The second-order valence-corrected chi connectivity index (χ2v) is 3.55. The zero-order valence-electron chi connectivity index (χ0n) is 7.41. The lowest BCUT2D eigenvalue weighted by molar-refractivity contribution is -0.145. The highest BCUT2D eigenvalue weighted by atomic mass is 16.4. The van der Waals surface area contributed by atoms with E-state index in [1.165, 1.54) is 6.08 Å². The predicted molar refractivity (Wildman–Crippen MR) is 45.3 cm³/mol. The van der Waals surface area contributed by atoms with Gasteiger partial charge in [0.2, 0.25) is 0 Å². The van der Waals surface area contributed by atoms with Crippen LogP contribution in [0.1, 0.15) is 26.2 Å². The summed E-state index contributed by atoms with van der Waals surface area (Å²) in [5.74, 6) is -1.96. The minimum atomic E-state index is -1.01. The summed E-state index contributed by atoms with van der Waals surface area (Å²) in [6.45, 7) is 1.55. The third-order valence-electron chi connectivity index (χ3n) is 2.40. The summed E-state index contributed by atoms with van der Waals surface area (Å²) in [5.41, 5.74) is -0.775. The molecule has 0 spiro atoms. The maximum absolute atomic E-state index is 10.8. The van der Waals surface area contributed by atoms with E-state index in [1.54, 1.807) is 6.92 Å². The van der Waals surface area contributed by atoms with Gasteiger partial charge in [0.1, 0.15) is 0 Å². The van der Waals surface area contributed by atoms with Crippen molar-refractivity contribution in [1.29, 1.82) is 0 Å². The Kier molecular flexibility index (Phi) is 2.40. The van der Waals surface area contributed by atoms with Crippen molar-refractivity contribution < 1.29 is 19.8 Å². The Morgan fingerprint density at radius 3 is 2.54 bits per heavy atom. The number of carboxylic acids is 2. The molecule has 0 bridgehead atoms. The zero-order chi connectivity index (χ0) is 10.1. The normalized spacial score (nSPS) is 27.9. The van der Waals surface area contributed by atoms with E-state index in [0.29, 0.717) is 19.3 Å². The van der Waals surface area contributed by atoms with Crippen LogP contribution in [0.3, 0.4) is 0 Å². The van der Waals surface area contributed by atoms with Crippen molar-refractivity contribution >= 4 is 11.9 Å². The molecule has 0 heterocycles. The number of carbonyl (C=O) groups is 2. The summed E-state index contributed by atoms with van der Waals surface area (Å²) in [7, 11) is 0. The van der Waals surface area contributed by atoms with Crippen LogP contribution < -0.4 is 0 Å². The van der Waals surface area contributed by atoms with Crippen molar-refractivity contribution in [2.45, 2.75) is 26.2 Å². The van der Waals surface area contributed by atoms with Gasteiger partial charge in [-0.2, -0.15) is 0 Å². The predicted octanol–water partition coefficient (Wildman–Crippen LogP) is 1.27. The van der Waals surface area contributed by atoms with E-state index in [0.717, 1.165) is 0 Å². The largest absolute Gasteiger partial charge is 0.481 e. The molecule has 0 aliphatic heterocycles. The average molecular weight is 184 g/mol. The molecule has 4 heteroatoms. The van der Waals surface area contributed by atoms with Crippen LogP contribution >= 0.6 is 0 Å². The molecule has 2 N–H and O–H groups in total. The molecule has 0 amide bonds. The first-order valence-corrected chi connectivity index (χ1v) is 4.14. The molecule has 0 saturated heterocycles. The van der Waals surface area contributed by atoms with Crippen LogP contribution in [0, 0.1) is 5.41 Å². The second-order valence-electron chi connectivity index (χ2n) is 3.55. The van der Waals surface area contributed by atoms with Gasteiger partial charge in [-0.05, 0) is 26.2 Å². The number of aliphatic carboxylic acids is 2. The first kappa shape index (κ1) is 9.77. The average Bonchev–Trinajstić information content (AvgIpc) is 2.04. The van der Waals surface area contributed by atoms with E-state index in [1.807, 2.05) is 0 Å². The smallest absolute Gasteiger partial charge is 0.331 e. The topological polar surface area (TPSA) is 74.6 Å². The van der Waals surface area contributed by atoms with Gasteiger partial charge < -0.3 is 10.2 Å². The summed E-state index contributed by atoms with van der Waals surface area (Å²) in [5, 5.41) is 17.6. The maximum Gasteiger partial charge on any atom is 0.331 e. The number of rotatable bonds is 2. The molecule has 0 aromatic heterocycles. The molecule has 72 valence electrons. The first-order valence-electron chi connectivity index (χ1n) is 4.14. The Bertz CT molecular complexity index is 279. The Morgan fingerprint density at radius 2 is 2.08 bits per heavy atom. The highest BCUT2D eigenvalue weighted by Crippen LogP contribution is 2.33. The highest BCUT2D eigenvalue weighted by Gasteiger charge is 2.34. The lowest BCUT2D eigenvalue weighted by Gasteiger charge is -2.25. The van der Waals surface area contributed by atoms with E-state index in [2.05, 4.69) is 0 Å². The Balaban J connectivity index is 2.97. The SMILES string of the molecule is CC1(C(=O)O)C=C(C(=O)O)CCC1. The summed E-state index contributed by atoms with van der Waals surface area (Å²) in [4.78, 5) is 21.4. The zero-order valence-corrected chi connectivity index (χ0v) is 7.41. The fourth-order valence-corrected chi connectivity index (χ4v) is 1.51. The molecular weight excluding hydrogens is 172 g/mol. The Hall–Kier alpha value is -1.32. The van der Waals surface area contributed by atoms with Crippen LogP contribution in [0.25, 0.3) is 0 Å². The third kappa shape index (κ3) is 1.88. The monoisotopic (exact) mass is 184 g/mol. The fraction of sp³-hybridized carbons (Fsp3) is 0.556. The van der Waals surface area contributed by atoms with Crippen LogP contribution in [0.4, 0.5) is 0 Å². The van der Waals surface area contributed by atoms with Crippen LogP contribution in [0.15, 0.2) is 11.6 Å². The quantitative estimate of drug-likeness (QED) is 0.677. The number of hydrogen-bond acceptors (Lipinski definition) is 2. The Morgan fingerprint density at radius 1 is 1.46 bits per heavy atom. The van der Waals surface area contributed by atoms with Gasteiger partial charge in [0, 0.05) is 5.57 Å². The molecule has 1 unspecified atom stereocenters. The van der Waals surface area contributed by atoms with Gasteiger partial charge in [0.15, 0.2) is 0 Å². The van der Waals surface area contributed by atoms with Crippen molar-refractivity contribution in [1.82, 2.24) is 0 Å². The summed E-state index contributed by atoms with van der Waals surface area (Å²) >= 11 is 0. The molecule has 0 aromatic carbocycles. The third-order valence-corrected chi connectivity index (χ3v) is 2.40. The molecule has 4 nitrogen and oxygen atoms in total. The standard InChI is InChI=1S/C9H12O4/c1-9(8(12)13)4-2-3-6(5-9)7(10)11/h5H,2-4H2,1H3,(H,10,11)(H,12,13). The van der Waals surface area contributed by atoms with Gasteiger partial charge in [0.25, 0.3) is 0 Å². The van der Waals surface area contributed by atoms with Crippen LogP contribution in [-0.4, -0.2) is 22.2 Å². The first-order chi connectivity index (χ1) is 5.96.